The Bertz CT molecular complexity index is 1000. The van der Waals surface area contributed by atoms with Crippen molar-refractivity contribution < 1.29 is 13.5 Å². The van der Waals surface area contributed by atoms with E-state index in [1.807, 2.05) is 35.3 Å². The van der Waals surface area contributed by atoms with Gasteiger partial charge in [-0.1, -0.05) is 28.1 Å². The largest absolute Gasteiger partial charge is 0.464 e. The normalized spacial score (nSPS) is 21.0. The van der Waals surface area contributed by atoms with E-state index in [-0.39, 0.29) is 11.9 Å². The summed E-state index contributed by atoms with van der Waals surface area (Å²) in [6.45, 7) is 0. The fraction of sp³-hybridized carbons (Fsp3) is 0.150. The lowest BCUT2D eigenvalue weighted by atomic mass is 9.97. The molecular formula is C20H14BrFN2O2. The number of hydrazone groups is 1. The summed E-state index contributed by atoms with van der Waals surface area (Å²) in [5.41, 5.74) is 2.64. The molecule has 0 bridgehead atoms. The number of nitrogens with zero attached hydrogens (tertiary/aromatic N) is 2. The molecule has 2 aliphatic heterocycles. The maximum absolute atomic E-state index is 13.8. The van der Waals surface area contributed by atoms with Gasteiger partial charge in [0, 0.05) is 22.0 Å². The van der Waals surface area contributed by atoms with Crippen LogP contribution in [0, 0.1) is 5.82 Å². The van der Waals surface area contributed by atoms with Crippen molar-refractivity contribution in [2.24, 2.45) is 5.10 Å². The zero-order valence-corrected chi connectivity index (χ0v) is 15.2. The quantitative estimate of drug-likeness (QED) is 0.563. The molecule has 0 radical (unpaired) electrons. The molecule has 3 heterocycles. The molecule has 130 valence electrons. The second kappa shape index (κ2) is 5.99. The lowest BCUT2D eigenvalue weighted by molar-refractivity contribution is -0.0192. The van der Waals surface area contributed by atoms with Crippen LogP contribution in [0.5, 0.6) is 5.75 Å². The molecule has 3 aromatic rings. The molecule has 0 fully saturated rings. The average molecular weight is 413 g/mol. The molecule has 2 aliphatic rings. The van der Waals surface area contributed by atoms with Gasteiger partial charge in [-0.05, 0) is 42.5 Å². The van der Waals surface area contributed by atoms with Gasteiger partial charge in [-0.2, -0.15) is 5.10 Å². The highest BCUT2D eigenvalue weighted by molar-refractivity contribution is 9.10. The molecule has 0 aliphatic carbocycles. The monoisotopic (exact) mass is 412 g/mol. The van der Waals surface area contributed by atoms with E-state index < -0.39 is 6.23 Å². The highest BCUT2D eigenvalue weighted by Gasteiger charge is 2.41. The third-order valence-electron chi connectivity index (χ3n) is 4.69. The van der Waals surface area contributed by atoms with Crippen LogP contribution in [0.3, 0.4) is 0 Å². The number of halogens is 2. The van der Waals surface area contributed by atoms with E-state index in [0.29, 0.717) is 6.42 Å². The fourth-order valence-corrected chi connectivity index (χ4v) is 3.91. The molecule has 0 unspecified atom stereocenters. The summed E-state index contributed by atoms with van der Waals surface area (Å²) in [4.78, 5) is 0. The Balaban J connectivity index is 1.63. The molecule has 26 heavy (non-hydrogen) atoms. The van der Waals surface area contributed by atoms with Crippen molar-refractivity contribution in [3.05, 3.63) is 88.0 Å². The highest BCUT2D eigenvalue weighted by atomic mass is 79.9. The highest BCUT2D eigenvalue weighted by Crippen LogP contribution is 2.48. The topological polar surface area (TPSA) is 38.0 Å². The van der Waals surface area contributed by atoms with Gasteiger partial charge >= 0.3 is 0 Å². The van der Waals surface area contributed by atoms with E-state index in [4.69, 9.17) is 14.3 Å². The summed E-state index contributed by atoms with van der Waals surface area (Å²) >= 11 is 3.53. The molecule has 0 spiro atoms. The number of hydrogen-bond acceptors (Lipinski definition) is 4. The smallest absolute Gasteiger partial charge is 0.213 e. The predicted molar refractivity (Wildman–Crippen MR) is 98.4 cm³/mol. The van der Waals surface area contributed by atoms with Crippen molar-refractivity contribution in [3.63, 3.8) is 0 Å². The standard InChI is InChI=1S/C20H14BrFN2O2/c21-13-6-7-18-15(10-13)17-11-16(19-5-2-8-25-19)23-24(17)20(26-18)12-3-1-4-14(22)9-12/h1-10,17,20H,11H2/t17-,20-/m1/s1. The van der Waals surface area contributed by atoms with Crippen LogP contribution in [0.2, 0.25) is 0 Å². The number of fused-ring (bicyclic) bond motifs is 3. The van der Waals surface area contributed by atoms with Gasteiger partial charge in [0.15, 0.2) is 0 Å². The lowest BCUT2D eigenvalue weighted by Gasteiger charge is -2.38. The van der Waals surface area contributed by atoms with Crippen molar-refractivity contribution in [3.8, 4) is 5.75 Å². The summed E-state index contributed by atoms with van der Waals surface area (Å²) in [7, 11) is 0. The van der Waals surface area contributed by atoms with Crippen molar-refractivity contribution in [2.75, 3.05) is 0 Å². The van der Waals surface area contributed by atoms with E-state index in [2.05, 4.69) is 22.0 Å². The molecule has 0 N–H and O–H groups in total. The van der Waals surface area contributed by atoms with Crippen LogP contribution in [-0.2, 0) is 0 Å². The van der Waals surface area contributed by atoms with Crippen molar-refractivity contribution >= 4 is 21.6 Å². The second-order valence-corrected chi connectivity index (χ2v) is 7.25. The van der Waals surface area contributed by atoms with Crippen LogP contribution >= 0.6 is 15.9 Å². The first kappa shape index (κ1) is 15.6. The molecule has 0 amide bonds. The average Bonchev–Trinajstić information content (AvgIpc) is 3.31. The summed E-state index contributed by atoms with van der Waals surface area (Å²) in [5.74, 6) is 1.24. The first-order valence-electron chi connectivity index (χ1n) is 8.30. The van der Waals surface area contributed by atoms with Crippen LogP contribution in [0.1, 0.15) is 35.6 Å². The number of ether oxygens (including phenoxy) is 1. The molecular weight excluding hydrogens is 399 g/mol. The van der Waals surface area contributed by atoms with Crippen molar-refractivity contribution in [2.45, 2.75) is 18.7 Å². The predicted octanol–water partition coefficient (Wildman–Crippen LogP) is 5.42. The van der Waals surface area contributed by atoms with Gasteiger partial charge in [0.1, 0.15) is 23.0 Å². The van der Waals surface area contributed by atoms with Gasteiger partial charge in [0.25, 0.3) is 0 Å². The molecule has 0 saturated heterocycles. The van der Waals surface area contributed by atoms with Crippen LogP contribution in [0.25, 0.3) is 0 Å². The van der Waals surface area contributed by atoms with Crippen LogP contribution in [0.4, 0.5) is 4.39 Å². The summed E-state index contributed by atoms with van der Waals surface area (Å²) in [6.07, 6.45) is 1.85. The van der Waals surface area contributed by atoms with Crippen LogP contribution in [0.15, 0.2) is 74.9 Å². The zero-order chi connectivity index (χ0) is 17.7. The first-order chi connectivity index (χ1) is 12.7. The lowest BCUT2D eigenvalue weighted by Crippen LogP contribution is -2.33. The Kier molecular flexibility index (Phi) is 3.60. The van der Waals surface area contributed by atoms with Gasteiger partial charge < -0.3 is 9.15 Å². The summed E-state index contributed by atoms with van der Waals surface area (Å²) in [6, 6.07) is 16.1. The van der Waals surface area contributed by atoms with Gasteiger partial charge in [0.05, 0.1) is 12.3 Å². The fourth-order valence-electron chi connectivity index (χ4n) is 3.53. The molecule has 5 rings (SSSR count). The summed E-state index contributed by atoms with van der Waals surface area (Å²) < 4.78 is 26.5. The minimum Gasteiger partial charge on any atom is -0.464 e. The van der Waals surface area contributed by atoms with Gasteiger partial charge in [-0.3, -0.25) is 0 Å². The second-order valence-electron chi connectivity index (χ2n) is 6.33. The molecule has 0 saturated carbocycles. The Morgan fingerprint density at radius 3 is 2.85 bits per heavy atom. The Morgan fingerprint density at radius 2 is 2.04 bits per heavy atom. The first-order valence-corrected chi connectivity index (χ1v) is 9.09. The van der Waals surface area contributed by atoms with Crippen molar-refractivity contribution in [1.82, 2.24) is 5.01 Å². The third-order valence-corrected chi connectivity index (χ3v) is 5.18. The molecule has 4 nitrogen and oxygen atoms in total. The van der Waals surface area contributed by atoms with E-state index in [1.54, 1.807) is 12.3 Å². The molecule has 1 aromatic heterocycles. The number of hydrogen-bond donors (Lipinski definition) is 0. The molecule has 2 atom stereocenters. The third kappa shape index (κ3) is 2.52. The van der Waals surface area contributed by atoms with Gasteiger partial charge in [-0.15, -0.1) is 0 Å². The van der Waals surface area contributed by atoms with E-state index in [9.17, 15) is 4.39 Å². The number of furan rings is 1. The van der Waals surface area contributed by atoms with E-state index in [1.165, 1.54) is 12.1 Å². The molecule has 6 heteroatoms. The summed E-state index contributed by atoms with van der Waals surface area (Å²) in [5, 5.41) is 6.67. The van der Waals surface area contributed by atoms with Crippen molar-refractivity contribution in [1.29, 1.82) is 0 Å². The Morgan fingerprint density at radius 1 is 1.12 bits per heavy atom. The minimum atomic E-state index is -0.489. The Labute approximate surface area is 158 Å². The van der Waals surface area contributed by atoms with E-state index in [0.717, 1.165) is 32.8 Å². The minimum absolute atomic E-state index is 0.00428. The number of rotatable bonds is 2. The van der Waals surface area contributed by atoms with Gasteiger partial charge in [-0.25, -0.2) is 9.40 Å². The molecule has 2 aromatic carbocycles. The zero-order valence-electron chi connectivity index (χ0n) is 13.6. The van der Waals surface area contributed by atoms with Gasteiger partial charge in [0.2, 0.25) is 6.23 Å². The maximum atomic E-state index is 13.8. The van der Waals surface area contributed by atoms with E-state index >= 15 is 0 Å². The SMILES string of the molecule is Fc1cccc([C@H]2Oc3ccc(Br)cc3[C@H]3CC(c4ccco4)=NN32)c1. The maximum Gasteiger partial charge on any atom is 0.213 e. The number of benzene rings is 2. The Hall–Kier alpha value is -2.60. The van der Waals surface area contributed by atoms with Crippen LogP contribution in [-0.4, -0.2) is 10.7 Å². The van der Waals surface area contributed by atoms with Crippen LogP contribution < -0.4 is 4.74 Å².